The van der Waals surface area contributed by atoms with Gasteiger partial charge in [-0.1, -0.05) is 26.8 Å². The second-order valence-electron chi connectivity index (χ2n) is 6.82. The number of nitrogens with zero attached hydrogens (tertiary/aromatic N) is 1. The van der Waals surface area contributed by atoms with Gasteiger partial charge in [-0.25, -0.2) is 0 Å². The summed E-state index contributed by atoms with van der Waals surface area (Å²) in [5.74, 6) is 0.00324. The summed E-state index contributed by atoms with van der Waals surface area (Å²) in [7, 11) is -1.74. The summed E-state index contributed by atoms with van der Waals surface area (Å²) in [5, 5.41) is 0.198. The van der Waals surface area contributed by atoms with Gasteiger partial charge in [0.25, 0.3) is 0 Å². The molecule has 0 radical (unpaired) electrons. The van der Waals surface area contributed by atoms with Crippen LogP contribution in [-0.4, -0.2) is 25.7 Å². The summed E-state index contributed by atoms with van der Waals surface area (Å²) in [6.45, 7) is 13.4. The van der Waals surface area contributed by atoms with E-state index in [0.717, 1.165) is 5.69 Å². The zero-order valence-corrected chi connectivity index (χ0v) is 14.6. The maximum atomic E-state index is 11.8. The molecule has 0 bridgehead atoms. The second kappa shape index (κ2) is 6.63. The first kappa shape index (κ1) is 17.0. The molecule has 0 fully saturated rings. The Bertz CT molecular complexity index is 438. The van der Waals surface area contributed by atoms with Crippen molar-refractivity contribution < 1.29 is 9.22 Å². The van der Waals surface area contributed by atoms with Gasteiger partial charge in [-0.3, -0.25) is 9.78 Å². The lowest BCUT2D eigenvalue weighted by molar-refractivity contribution is -0.118. The van der Waals surface area contributed by atoms with Crippen molar-refractivity contribution in [2.24, 2.45) is 0 Å². The summed E-state index contributed by atoms with van der Waals surface area (Å²) in [5.41, 5.74) is 0.846. The van der Waals surface area contributed by atoms with Crippen molar-refractivity contribution in [2.75, 3.05) is 6.61 Å². The van der Waals surface area contributed by atoms with E-state index in [1.807, 2.05) is 18.2 Å². The van der Waals surface area contributed by atoms with Crippen molar-refractivity contribution in [3.63, 3.8) is 0 Å². The number of carbonyl (C=O) groups excluding carboxylic acids is 1. The molecule has 1 unspecified atom stereocenters. The van der Waals surface area contributed by atoms with Crippen LogP contribution >= 0.6 is 0 Å². The number of ketones is 1. The molecule has 0 amide bonds. The van der Waals surface area contributed by atoms with Gasteiger partial charge in [0.15, 0.2) is 8.32 Å². The Balaban J connectivity index is 2.65. The molecule has 0 N–H and O–H groups in total. The third-order valence-corrected chi connectivity index (χ3v) is 8.75. The summed E-state index contributed by atoms with van der Waals surface area (Å²) < 4.78 is 6.15. The first-order valence-corrected chi connectivity index (χ1v) is 10.1. The summed E-state index contributed by atoms with van der Waals surface area (Å²) in [6, 6.07) is 5.71. The topological polar surface area (TPSA) is 39.2 Å². The van der Waals surface area contributed by atoms with Crippen molar-refractivity contribution in [3.8, 4) is 0 Å². The third-order valence-electron chi connectivity index (χ3n) is 4.21. The van der Waals surface area contributed by atoms with E-state index < -0.39 is 8.32 Å². The van der Waals surface area contributed by atoms with Crippen molar-refractivity contribution in [1.82, 2.24) is 4.98 Å². The first-order chi connectivity index (χ1) is 9.15. The van der Waals surface area contributed by atoms with Gasteiger partial charge in [-0.15, -0.1) is 0 Å². The average molecular weight is 293 g/mol. The molecule has 1 rings (SSSR count). The van der Waals surface area contributed by atoms with Crippen molar-refractivity contribution in [2.45, 2.75) is 58.2 Å². The van der Waals surface area contributed by atoms with Gasteiger partial charge in [0, 0.05) is 12.8 Å². The standard InChI is InChI=1S/C16H27NO2Si/c1-13(18)14(15-9-7-8-11-17-15)10-12-19-20(5,6)16(2,3)4/h7-9,11,14H,10,12H2,1-6H3. The lowest BCUT2D eigenvalue weighted by atomic mass is 9.97. The number of hydrogen-bond donors (Lipinski definition) is 0. The number of hydrogen-bond acceptors (Lipinski definition) is 3. The minimum Gasteiger partial charge on any atom is -0.417 e. The summed E-state index contributed by atoms with van der Waals surface area (Å²) in [6.07, 6.45) is 2.44. The number of carbonyl (C=O) groups is 1. The van der Waals surface area contributed by atoms with Crippen LogP contribution in [0.15, 0.2) is 24.4 Å². The monoisotopic (exact) mass is 293 g/mol. The fourth-order valence-electron chi connectivity index (χ4n) is 1.79. The molecule has 0 aliphatic carbocycles. The van der Waals surface area contributed by atoms with Crippen LogP contribution in [0.4, 0.5) is 0 Å². The maximum Gasteiger partial charge on any atom is 0.191 e. The Labute approximate surface area is 123 Å². The van der Waals surface area contributed by atoms with Gasteiger partial charge in [-0.05, 0) is 43.6 Å². The summed E-state index contributed by atoms with van der Waals surface area (Å²) >= 11 is 0. The third kappa shape index (κ3) is 4.53. The van der Waals surface area contributed by atoms with Crippen molar-refractivity contribution >= 4 is 14.1 Å². The van der Waals surface area contributed by atoms with Crippen LogP contribution in [0.25, 0.3) is 0 Å². The van der Waals surface area contributed by atoms with Crippen LogP contribution in [0.5, 0.6) is 0 Å². The Hall–Kier alpha value is -1.00. The molecule has 0 saturated heterocycles. The lowest BCUT2D eigenvalue weighted by Gasteiger charge is -2.36. The highest BCUT2D eigenvalue weighted by molar-refractivity contribution is 6.74. The van der Waals surface area contributed by atoms with E-state index >= 15 is 0 Å². The minimum absolute atomic E-state index is 0.152. The first-order valence-electron chi connectivity index (χ1n) is 7.20. The molecule has 112 valence electrons. The predicted octanol–water partition coefficient (Wildman–Crippen LogP) is 4.17. The molecule has 1 heterocycles. The van der Waals surface area contributed by atoms with E-state index in [4.69, 9.17) is 4.43 Å². The molecule has 3 nitrogen and oxygen atoms in total. The largest absolute Gasteiger partial charge is 0.417 e. The van der Waals surface area contributed by atoms with E-state index in [1.165, 1.54) is 0 Å². The smallest absolute Gasteiger partial charge is 0.191 e. The Morgan fingerprint density at radius 2 is 2.00 bits per heavy atom. The van der Waals surface area contributed by atoms with Crippen LogP contribution in [0.1, 0.15) is 45.7 Å². The maximum absolute atomic E-state index is 11.8. The predicted molar refractivity (Wildman–Crippen MR) is 85.4 cm³/mol. The molecule has 0 saturated carbocycles. The van der Waals surface area contributed by atoms with E-state index in [1.54, 1.807) is 13.1 Å². The van der Waals surface area contributed by atoms with Gasteiger partial charge in [0.2, 0.25) is 0 Å². The molecule has 1 atom stereocenters. The summed E-state index contributed by atoms with van der Waals surface area (Å²) in [4.78, 5) is 16.1. The molecular weight excluding hydrogens is 266 g/mol. The zero-order valence-electron chi connectivity index (χ0n) is 13.6. The number of aromatic nitrogens is 1. The molecular formula is C16H27NO2Si. The van der Waals surface area contributed by atoms with Gasteiger partial charge in [0.1, 0.15) is 5.78 Å². The van der Waals surface area contributed by atoms with Crippen LogP contribution in [0.3, 0.4) is 0 Å². The lowest BCUT2D eigenvalue weighted by Crippen LogP contribution is -2.41. The Morgan fingerprint density at radius 3 is 2.45 bits per heavy atom. The molecule has 20 heavy (non-hydrogen) atoms. The van der Waals surface area contributed by atoms with Crippen LogP contribution in [0, 0.1) is 0 Å². The van der Waals surface area contributed by atoms with E-state index in [2.05, 4.69) is 38.8 Å². The molecule has 0 aromatic carbocycles. The van der Waals surface area contributed by atoms with E-state index in [0.29, 0.717) is 13.0 Å². The van der Waals surface area contributed by atoms with Gasteiger partial charge in [0.05, 0.1) is 11.6 Å². The number of rotatable bonds is 6. The molecule has 1 aromatic heterocycles. The number of pyridine rings is 1. The minimum atomic E-state index is -1.74. The second-order valence-corrected chi connectivity index (χ2v) is 11.6. The fourth-order valence-corrected chi connectivity index (χ4v) is 2.85. The van der Waals surface area contributed by atoms with E-state index in [-0.39, 0.29) is 16.7 Å². The SMILES string of the molecule is CC(=O)C(CCO[Si](C)(C)C(C)(C)C)c1ccccn1. The van der Waals surface area contributed by atoms with Crippen LogP contribution < -0.4 is 0 Å². The highest BCUT2D eigenvalue weighted by atomic mass is 28.4. The average Bonchev–Trinajstić information content (AvgIpc) is 2.34. The highest BCUT2D eigenvalue weighted by Crippen LogP contribution is 2.36. The van der Waals surface area contributed by atoms with Crippen LogP contribution in [0.2, 0.25) is 18.1 Å². The molecule has 0 spiro atoms. The van der Waals surface area contributed by atoms with Crippen molar-refractivity contribution in [3.05, 3.63) is 30.1 Å². The molecule has 4 heteroatoms. The van der Waals surface area contributed by atoms with E-state index in [9.17, 15) is 4.79 Å². The van der Waals surface area contributed by atoms with Gasteiger partial charge < -0.3 is 4.43 Å². The zero-order chi connectivity index (χ0) is 15.4. The molecule has 0 aliphatic heterocycles. The Morgan fingerprint density at radius 1 is 1.35 bits per heavy atom. The molecule has 1 aromatic rings. The fraction of sp³-hybridized carbons (Fsp3) is 0.625. The quantitative estimate of drug-likeness (QED) is 0.739. The highest BCUT2D eigenvalue weighted by Gasteiger charge is 2.37. The van der Waals surface area contributed by atoms with Crippen LogP contribution in [-0.2, 0) is 9.22 Å². The van der Waals surface area contributed by atoms with Gasteiger partial charge >= 0.3 is 0 Å². The molecule has 0 aliphatic rings. The normalized spacial score (nSPS) is 14.1. The Kier molecular flexibility index (Phi) is 5.65. The number of Topliss-reactive ketones (excluding diaryl/α,β-unsaturated/α-hetero) is 1. The van der Waals surface area contributed by atoms with Crippen molar-refractivity contribution in [1.29, 1.82) is 0 Å². The van der Waals surface area contributed by atoms with Gasteiger partial charge in [-0.2, -0.15) is 0 Å².